The number of carboxylic acids is 2. The largest absolute Gasteiger partial charge is 0.490 e. The van der Waals surface area contributed by atoms with Crippen LogP contribution in [0.15, 0.2) is 41.8 Å². The molecule has 1 heterocycles. The molecule has 1 amide bonds. The molecule has 0 aromatic heterocycles. The topological polar surface area (TPSA) is 104 Å². The third-order valence-corrected chi connectivity index (χ3v) is 4.93. The molecule has 0 saturated carbocycles. The second-order valence-corrected chi connectivity index (χ2v) is 7.18. The summed E-state index contributed by atoms with van der Waals surface area (Å²) in [6.45, 7) is 3.95. The maximum Gasteiger partial charge on any atom is 0.326 e. The summed E-state index contributed by atoms with van der Waals surface area (Å²) < 4.78 is 5.48. The van der Waals surface area contributed by atoms with Crippen molar-refractivity contribution in [2.45, 2.75) is 18.9 Å². The molecule has 9 heteroatoms. The fraction of sp³-hybridized carbons (Fsp3) is 0.222. The number of aliphatic carboxylic acids is 2. The molecule has 2 rings (SSSR count). The normalized spacial score (nSPS) is 16.4. The van der Waals surface area contributed by atoms with Gasteiger partial charge in [0.25, 0.3) is 5.91 Å². The van der Waals surface area contributed by atoms with Gasteiger partial charge in [-0.3, -0.25) is 14.5 Å². The monoisotopic (exact) mass is 407 g/mol. The fourth-order valence-electron chi connectivity index (χ4n) is 2.34. The summed E-state index contributed by atoms with van der Waals surface area (Å²) in [4.78, 5) is 36.1. The lowest BCUT2D eigenvalue weighted by atomic mass is 10.1. The minimum Gasteiger partial charge on any atom is -0.490 e. The Balaban J connectivity index is 2.18. The van der Waals surface area contributed by atoms with Crippen LogP contribution in [0, 0.1) is 0 Å². The lowest BCUT2D eigenvalue weighted by molar-refractivity contribution is -0.146. The number of thioether (sulfide) groups is 1. The lowest BCUT2D eigenvalue weighted by Crippen LogP contribution is -2.44. The second-order valence-electron chi connectivity index (χ2n) is 5.51. The summed E-state index contributed by atoms with van der Waals surface area (Å²) in [5.74, 6) is -2.33. The zero-order valence-corrected chi connectivity index (χ0v) is 15.8. The zero-order chi connectivity index (χ0) is 20.0. The summed E-state index contributed by atoms with van der Waals surface area (Å²) in [7, 11) is 0. The quantitative estimate of drug-likeness (QED) is 0.366. The highest BCUT2D eigenvalue weighted by molar-refractivity contribution is 8.26. The van der Waals surface area contributed by atoms with Gasteiger partial charge in [-0.15, -0.1) is 0 Å². The van der Waals surface area contributed by atoms with Crippen molar-refractivity contribution >= 4 is 52.2 Å². The molecule has 1 atom stereocenters. The van der Waals surface area contributed by atoms with E-state index in [9.17, 15) is 19.5 Å². The maximum atomic E-state index is 12.6. The number of thiocarbonyl (C=S) groups is 1. The number of amides is 1. The van der Waals surface area contributed by atoms with E-state index < -0.39 is 23.9 Å². The van der Waals surface area contributed by atoms with Crippen LogP contribution in [0.3, 0.4) is 0 Å². The Labute approximate surface area is 165 Å². The summed E-state index contributed by atoms with van der Waals surface area (Å²) in [6, 6.07) is 5.68. The number of carbonyl (C=O) groups excluding carboxylic acids is 1. The molecule has 1 unspecified atom stereocenters. The van der Waals surface area contributed by atoms with Crippen LogP contribution in [-0.4, -0.2) is 49.9 Å². The Morgan fingerprint density at radius 2 is 1.96 bits per heavy atom. The molecular formula is C18H17NO6S2. The summed E-state index contributed by atoms with van der Waals surface area (Å²) >= 11 is 6.13. The summed E-state index contributed by atoms with van der Waals surface area (Å²) in [6.07, 6.45) is 2.63. The van der Waals surface area contributed by atoms with Crippen molar-refractivity contribution in [1.29, 1.82) is 0 Å². The van der Waals surface area contributed by atoms with Crippen LogP contribution in [0.25, 0.3) is 6.08 Å². The van der Waals surface area contributed by atoms with Gasteiger partial charge in [-0.2, -0.15) is 0 Å². The predicted octanol–water partition coefficient (Wildman–Crippen LogP) is 2.77. The molecule has 27 heavy (non-hydrogen) atoms. The van der Waals surface area contributed by atoms with E-state index in [1.165, 1.54) is 0 Å². The number of nitrogens with zero attached hydrogens (tertiary/aromatic N) is 1. The van der Waals surface area contributed by atoms with E-state index in [0.717, 1.165) is 22.2 Å². The number of rotatable bonds is 9. The highest BCUT2D eigenvalue weighted by Crippen LogP contribution is 2.35. The number of hydrogen-bond acceptors (Lipinski definition) is 6. The number of carbonyl (C=O) groups is 3. The van der Waals surface area contributed by atoms with Gasteiger partial charge in [0, 0.05) is 6.42 Å². The first kappa shape index (κ1) is 20.7. The van der Waals surface area contributed by atoms with Crippen molar-refractivity contribution < 1.29 is 29.3 Å². The van der Waals surface area contributed by atoms with E-state index in [1.54, 1.807) is 36.4 Å². The first-order chi connectivity index (χ1) is 12.8. The SMILES string of the molecule is C=CCOc1ccc(C=C2SC(=S)N(C(CCC(=O)O)C(=O)O)C2=O)cc1. The van der Waals surface area contributed by atoms with Crippen molar-refractivity contribution in [1.82, 2.24) is 4.90 Å². The highest BCUT2D eigenvalue weighted by Gasteiger charge is 2.40. The van der Waals surface area contributed by atoms with Gasteiger partial charge in [0.15, 0.2) is 0 Å². The van der Waals surface area contributed by atoms with Gasteiger partial charge in [0.05, 0.1) is 4.91 Å². The second kappa shape index (κ2) is 9.33. The predicted molar refractivity (Wildman–Crippen MR) is 105 cm³/mol. The number of carboxylic acid groups (broad SMARTS) is 2. The fourth-order valence-corrected chi connectivity index (χ4v) is 3.70. The molecule has 0 spiro atoms. The lowest BCUT2D eigenvalue weighted by Gasteiger charge is -2.22. The van der Waals surface area contributed by atoms with Crippen LogP contribution in [0.4, 0.5) is 0 Å². The molecular weight excluding hydrogens is 390 g/mol. The van der Waals surface area contributed by atoms with Crippen LogP contribution in [0.2, 0.25) is 0 Å². The zero-order valence-electron chi connectivity index (χ0n) is 14.2. The first-order valence-electron chi connectivity index (χ1n) is 7.89. The summed E-state index contributed by atoms with van der Waals surface area (Å²) in [5.41, 5.74) is 0.721. The molecule has 2 N–H and O–H groups in total. The third kappa shape index (κ3) is 5.41. The van der Waals surface area contributed by atoms with Crippen molar-refractivity contribution in [3.8, 4) is 5.75 Å². The summed E-state index contributed by atoms with van der Waals surface area (Å²) in [5, 5.41) is 18.1. The Bertz CT molecular complexity index is 803. The van der Waals surface area contributed by atoms with Crippen molar-refractivity contribution in [2.24, 2.45) is 0 Å². The van der Waals surface area contributed by atoms with Crippen LogP contribution in [0.1, 0.15) is 18.4 Å². The van der Waals surface area contributed by atoms with E-state index in [0.29, 0.717) is 12.4 Å². The Morgan fingerprint density at radius 1 is 1.30 bits per heavy atom. The van der Waals surface area contributed by atoms with E-state index in [1.807, 2.05) is 0 Å². The van der Waals surface area contributed by atoms with Gasteiger partial charge in [0.1, 0.15) is 22.7 Å². The van der Waals surface area contributed by atoms with Gasteiger partial charge in [-0.1, -0.05) is 48.8 Å². The molecule has 0 bridgehead atoms. The van der Waals surface area contributed by atoms with Crippen molar-refractivity contribution in [3.63, 3.8) is 0 Å². The molecule has 1 aliphatic heterocycles. The van der Waals surface area contributed by atoms with E-state index in [-0.39, 0.29) is 22.1 Å². The van der Waals surface area contributed by atoms with Gasteiger partial charge in [0.2, 0.25) is 0 Å². The highest BCUT2D eigenvalue weighted by atomic mass is 32.2. The molecule has 1 aromatic carbocycles. The number of hydrogen-bond donors (Lipinski definition) is 2. The van der Waals surface area contributed by atoms with Crippen LogP contribution >= 0.6 is 24.0 Å². The molecule has 1 aromatic rings. The molecule has 1 saturated heterocycles. The van der Waals surface area contributed by atoms with Crippen molar-refractivity contribution in [2.75, 3.05) is 6.61 Å². The average Bonchev–Trinajstić information content (AvgIpc) is 2.88. The Hall–Kier alpha value is -2.65. The molecule has 0 radical (unpaired) electrons. The smallest absolute Gasteiger partial charge is 0.326 e. The van der Waals surface area contributed by atoms with Gasteiger partial charge < -0.3 is 14.9 Å². The van der Waals surface area contributed by atoms with Gasteiger partial charge >= 0.3 is 11.9 Å². The van der Waals surface area contributed by atoms with Gasteiger partial charge in [-0.05, 0) is 30.2 Å². The number of benzene rings is 1. The number of ether oxygens (including phenoxy) is 1. The third-order valence-electron chi connectivity index (χ3n) is 3.60. The van der Waals surface area contributed by atoms with Crippen molar-refractivity contribution in [3.05, 3.63) is 47.4 Å². The van der Waals surface area contributed by atoms with Crippen LogP contribution in [-0.2, 0) is 14.4 Å². The van der Waals surface area contributed by atoms with Crippen LogP contribution in [0.5, 0.6) is 5.75 Å². The Morgan fingerprint density at radius 3 is 2.52 bits per heavy atom. The molecule has 7 nitrogen and oxygen atoms in total. The molecule has 142 valence electrons. The minimum absolute atomic E-state index is 0.0926. The Kier molecular flexibility index (Phi) is 7.14. The minimum atomic E-state index is -1.31. The maximum absolute atomic E-state index is 12.6. The average molecular weight is 407 g/mol. The molecule has 1 aliphatic rings. The van der Waals surface area contributed by atoms with E-state index in [4.69, 9.17) is 22.1 Å². The van der Waals surface area contributed by atoms with Gasteiger partial charge in [-0.25, -0.2) is 4.79 Å². The van der Waals surface area contributed by atoms with Crippen LogP contribution < -0.4 is 4.74 Å². The first-order valence-corrected chi connectivity index (χ1v) is 9.11. The standard InChI is InChI=1S/C18H17NO6S2/c1-2-9-25-12-5-3-11(4-6-12)10-14-16(22)19(18(26)27-14)13(17(23)24)7-8-15(20)21/h2-6,10,13H,1,7-9H2,(H,20,21)(H,23,24). The molecule has 1 fully saturated rings. The van der Waals surface area contributed by atoms with E-state index >= 15 is 0 Å². The molecule has 0 aliphatic carbocycles. The van der Waals surface area contributed by atoms with E-state index in [2.05, 4.69) is 6.58 Å².